The third-order valence-electron chi connectivity index (χ3n) is 4.75. The fourth-order valence-electron chi connectivity index (χ4n) is 3.25. The number of thioether (sulfide) groups is 1. The maximum atomic E-state index is 12.3. The number of ether oxygens (including phenoxy) is 2. The van der Waals surface area contributed by atoms with Gasteiger partial charge in [-0.1, -0.05) is 12.1 Å². The molecule has 9 nitrogen and oxygen atoms in total. The highest BCUT2D eigenvalue weighted by molar-refractivity contribution is 8.01. The molecule has 3 aromatic rings. The smallest absolute Gasteiger partial charge is 0.348 e. The molecule has 0 radical (unpaired) electrons. The summed E-state index contributed by atoms with van der Waals surface area (Å²) in [6.45, 7) is 3.56. The third-order valence-corrected chi connectivity index (χ3v) is 7.19. The highest BCUT2D eigenvalue weighted by Crippen LogP contribution is 2.37. The number of thiophene rings is 1. The molecule has 0 fully saturated rings. The van der Waals surface area contributed by atoms with Crippen LogP contribution in [0.1, 0.15) is 34.4 Å². The van der Waals surface area contributed by atoms with E-state index in [-0.39, 0.29) is 37.2 Å². The van der Waals surface area contributed by atoms with E-state index in [4.69, 9.17) is 15.2 Å². The average molecular weight is 473 g/mol. The number of fused-ring (bicyclic) bond motifs is 2. The van der Waals surface area contributed by atoms with Gasteiger partial charge in [0, 0.05) is 4.90 Å². The lowest BCUT2D eigenvalue weighted by Crippen LogP contribution is -2.31. The molecule has 2 aromatic heterocycles. The molecule has 1 aromatic carbocycles. The SMILES string of the molecule is CCOC(=O)c1sc2nc(COC(=O)CC3Sc4ccccc4NC3=O)nc(N)c2c1C. The van der Waals surface area contributed by atoms with Gasteiger partial charge >= 0.3 is 11.9 Å². The van der Waals surface area contributed by atoms with Crippen LogP contribution < -0.4 is 11.1 Å². The lowest BCUT2D eigenvalue weighted by Gasteiger charge is -2.23. The molecule has 3 heterocycles. The number of esters is 2. The van der Waals surface area contributed by atoms with E-state index in [1.807, 2.05) is 24.3 Å². The molecule has 32 heavy (non-hydrogen) atoms. The van der Waals surface area contributed by atoms with Crippen molar-refractivity contribution >= 4 is 62.7 Å². The summed E-state index contributed by atoms with van der Waals surface area (Å²) < 4.78 is 10.4. The molecule has 0 aliphatic carbocycles. The van der Waals surface area contributed by atoms with E-state index in [0.717, 1.165) is 21.9 Å². The second kappa shape index (κ2) is 9.13. The number of benzene rings is 1. The maximum Gasteiger partial charge on any atom is 0.348 e. The van der Waals surface area contributed by atoms with E-state index in [0.29, 0.717) is 20.7 Å². The number of anilines is 2. The van der Waals surface area contributed by atoms with Gasteiger partial charge in [-0.05, 0) is 31.5 Å². The topological polar surface area (TPSA) is 134 Å². The molecule has 0 spiro atoms. The molecule has 11 heteroatoms. The van der Waals surface area contributed by atoms with Gasteiger partial charge in [0.05, 0.1) is 29.4 Å². The van der Waals surface area contributed by atoms with E-state index in [9.17, 15) is 14.4 Å². The molecule has 0 bridgehead atoms. The fraction of sp³-hybridized carbons (Fsp3) is 0.286. The van der Waals surface area contributed by atoms with Gasteiger partial charge in [-0.2, -0.15) is 0 Å². The molecule has 1 atom stereocenters. The summed E-state index contributed by atoms with van der Waals surface area (Å²) in [7, 11) is 0. The van der Waals surface area contributed by atoms with Gasteiger partial charge in [0.2, 0.25) is 5.91 Å². The lowest BCUT2D eigenvalue weighted by molar-refractivity contribution is -0.145. The number of hydrogen-bond acceptors (Lipinski definition) is 10. The Labute approximate surface area is 191 Å². The monoisotopic (exact) mass is 472 g/mol. The van der Waals surface area contributed by atoms with Crippen LogP contribution in [-0.4, -0.2) is 39.7 Å². The standard InChI is InChI=1S/C21H20N4O5S2/c1-3-29-21(28)17-10(2)16-18(22)24-14(25-20(16)32-17)9-30-15(26)8-13-19(27)23-11-6-4-5-7-12(11)31-13/h4-7,13H,3,8-9H2,1-2H3,(H,23,27)(H2,22,24,25). The van der Waals surface area contributed by atoms with Crippen LogP contribution in [0.3, 0.4) is 0 Å². The molecular formula is C21H20N4O5S2. The molecule has 1 unspecified atom stereocenters. The van der Waals surface area contributed by atoms with Crippen molar-refractivity contribution in [1.82, 2.24) is 9.97 Å². The van der Waals surface area contributed by atoms with E-state index < -0.39 is 17.2 Å². The first-order valence-electron chi connectivity index (χ1n) is 9.82. The molecule has 4 rings (SSSR count). The number of aromatic nitrogens is 2. The molecule has 166 valence electrons. The molecule has 1 aliphatic heterocycles. The molecule has 0 saturated heterocycles. The van der Waals surface area contributed by atoms with Crippen LogP contribution in [0.2, 0.25) is 0 Å². The molecule has 1 amide bonds. The van der Waals surface area contributed by atoms with Gasteiger partial charge < -0.3 is 20.5 Å². The zero-order chi connectivity index (χ0) is 22.8. The summed E-state index contributed by atoms with van der Waals surface area (Å²) in [4.78, 5) is 47.2. The second-order valence-electron chi connectivity index (χ2n) is 6.94. The number of hydrogen-bond donors (Lipinski definition) is 2. The number of nitrogens with two attached hydrogens (primary N) is 1. The number of rotatable bonds is 6. The third kappa shape index (κ3) is 4.39. The minimum atomic E-state index is -0.585. The van der Waals surface area contributed by atoms with Gasteiger partial charge in [0.25, 0.3) is 0 Å². The number of para-hydroxylation sites is 1. The van der Waals surface area contributed by atoms with Crippen molar-refractivity contribution in [3.63, 3.8) is 0 Å². The van der Waals surface area contributed by atoms with Crippen LogP contribution in [0.4, 0.5) is 11.5 Å². The summed E-state index contributed by atoms with van der Waals surface area (Å²) in [5, 5.41) is 2.80. The van der Waals surface area contributed by atoms with Crippen molar-refractivity contribution in [3.8, 4) is 0 Å². The minimum Gasteiger partial charge on any atom is -0.462 e. The van der Waals surface area contributed by atoms with Crippen molar-refractivity contribution in [3.05, 3.63) is 40.5 Å². The first-order valence-corrected chi connectivity index (χ1v) is 11.5. The normalized spacial score (nSPS) is 15.2. The van der Waals surface area contributed by atoms with Crippen molar-refractivity contribution < 1.29 is 23.9 Å². The zero-order valence-corrected chi connectivity index (χ0v) is 19.0. The Morgan fingerprint density at radius 2 is 2.00 bits per heavy atom. The number of nitrogens with zero attached hydrogens (tertiary/aromatic N) is 2. The van der Waals surface area contributed by atoms with Crippen molar-refractivity contribution in [2.75, 3.05) is 17.7 Å². The summed E-state index contributed by atoms with van der Waals surface area (Å²) >= 11 is 2.48. The van der Waals surface area contributed by atoms with E-state index in [1.165, 1.54) is 11.8 Å². The Morgan fingerprint density at radius 1 is 1.22 bits per heavy atom. The van der Waals surface area contributed by atoms with Gasteiger partial charge in [0.1, 0.15) is 15.5 Å². The second-order valence-corrected chi connectivity index (χ2v) is 9.18. The number of nitrogen functional groups attached to an aromatic ring is 1. The zero-order valence-electron chi connectivity index (χ0n) is 17.3. The average Bonchev–Trinajstić information content (AvgIpc) is 3.10. The van der Waals surface area contributed by atoms with Gasteiger partial charge in [-0.3, -0.25) is 9.59 Å². The van der Waals surface area contributed by atoms with Crippen molar-refractivity contribution in [2.24, 2.45) is 0 Å². The Bertz CT molecular complexity index is 1230. The van der Waals surface area contributed by atoms with Gasteiger partial charge in [-0.25, -0.2) is 14.8 Å². The summed E-state index contributed by atoms with van der Waals surface area (Å²) in [5.41, 5.74) is 7.46. The number of carbonyl (C=O) groups is 3. The van der Waals surface area contributed by atoms with Crippen molar-refractivity contribution in [2.45, 2.75) is 37.0 Å². The van der Waals surface area contributed by atoms with Crippen LogP contribution in [-0.2, 0) is 25.7 Å². The van der Waals surface area contributed by atoms with Crippen LogP contribution in [0, 0.1) is 6.92 Å². The Hall–Kier alpha value is -3.18. The molecular weight excluding hydrogens is 452 g/mol. The molecule has 0 saturated carbocycles. The van der Waals surface area contributed by atoms with Crippen LogP contribution in [0.15, 0.2) is 29.2 Å². The minimum absolute atomic E-state index is 0.0896. The quantitative estimate of drug-likeness (QED) is 0.518. The summed E-state index contributed by atoms with van der Waals surface area (Å²) in [6, 6.07) is 7.40. The Kier molecular flexibility index (Phi) is 6.28. The first-order chi connectivity index (χ1) is 15.4. The number of nitrogens with one attached hydrogen (secondary N) is 1. The molecule has 1 aliphatic rings. The number of amides is 1. The maximum absolute atomic E-state index is 12.3. The van der Waals surface area contributed by atoms with Crippen molar-refractivity contribution in [1.29, 1.82) is 0 Å². The number of aryl methyl sites for hydroxylation is 1. The Balaban J connectivity index is 1.43. The first kappa shape index (κ1) is 22.0. The van der Waals surface area contributed by atoms with E-state index in [2.05, 4.69) is 15.3 Å². The lowest BCUT2D eigenvalue weighted by atomic mass is 10.2. The van der Waals surface area contributed by atoms with Crippen LogP contribution in [0.5, 0.6) is 0 Å². The predicted molar refractivity (Wildman–Crippen MR) is 122 cm³/mol. The number of carbonyl (C=O) groups excluding carboxylic acids is 3. The molecule has 3 N–H and O–H groups in total. The van der Waals surface area contributed by atoms with Crippen LogP contribution >= 0.6 is 23.1 Å². The van der Waals surface area contributed by atoms with E-state index in [1.54, 1.807) is 13.8 Å². The summed E-state index contributed by atoms with van der Waals surface area (Å²) in [6.07, 6.45) is -0.0896. The largest absolute Gasteiger partial charge is 0.462 e. The fourth-order valence-corrected chi connectivity index (χ4v) is 5.45. The Morgan fingerprint density at radius 3 is 2.78 bits per heavy atom. The predicted octanol–water partition coefficient (Wildman–Crippen LogP) is 3.30. The van der Waals surface area contributed by atoms with Gasteiger partial charge in [0.15, 0.2) is 12.4 Å². The van der Waals surface area contributed by atoms with Gasteiger partial charge in [-0.15, -0.1) is 23.1 Å². The summed E-state index contributed by atoms with van der Waals surface area (Å²) in [5.74, 6) is -0.817. The highest BCUT2D eigenvalue weighted by atomic mass is 32.2. The van der Waals surface area contributed by atoms with Crippen LogP contribution in [0.25, 0.3) is 10.2 Å². The highest BCUT2D eigenvalue weighted by Gasteiger charge is 2.29. The van der Waals surface area contributed by atoms with E-state index >= 15 is 0 Å².